The molecule has 0 saturated carbocycles. The van der Waals surface area contributed by atoms with Gasteiger partial charge in [-0.05, 0) is 25.1 Å². The zero-order chi connectivity index (χ0) is 19.6. The molecule has 138 valence electrons. The molecule has 0 aliphatic carbocycles. The maximum atomic E-state index is 14.5. The van der Waals surface area contributed by atoms with Gasteiger partial charge in [-0.3, -0.25) is 4.79 Å². The summed E-state index contributed by atoms with van der Waals surface area (Å²) in [6.45, 7) is 5.21. The Hall–Kier alpha value is -3.48. The van der Waals surface area contributed by atoms with Crippen LogP contribution in [0.15, 0.2) is 65.8 Å². The molecule has 0 spiro atoms. The zero-order valence-electron chi connectivity index (χ0n) is 15.0. The van der Waals surface area contributed by atoms with Crippen LogP contribution in [0.3, 0.4) is 0 Å². The number of urea groups is 1. The molecule has 1 heterocycles. The highest BCUT2D eigenvalue weighted by Gasteiger charge is 2.31. The Balaban J connectivity index is 2.13. The molecular formula is C20H19FN4O2. The average Bonchev–Trinajstić information content (AvgIpc) is 2.73. The molecule has 0 fully saturated rings. The van der Waals surface area contributed by atoms with E-state index < -0.39 is 23.9 Å². The largest absolute Gasteiger partial charge is 0.321 e. The summed E-state index contributed by atoms with van der Waals surface area (Å²) >= 11 is 0. The number of benzodiazepines with no additional fused rings is 1. The summed E-state index contributed by atoms with van der Waals surface area (Å²) in [5.74, 6) is -0.904. The molecule has 3 amide bonds. The van der Waals surface area contributed by atoms with Crippen molar-refractivity contribution in [3.8, 4) is 0 Å². The summed E-state index contributed by atoms with van der Waals surface area (Å²) in [7, 11) is 1.59. The molecule has 6 nitrogen and oxygen atoms in total. The molecule has 2 aromatic rings. The lowest BCUT2D eigenvalue weighted by molar-refractivity contribution is -0.119. The van der Waals surface area contributed by atoms with Crippen LogP contribution in [0.25, 0.3) is 0 Å². The van der Waals surface area contributed by atoms with E-state index in [-0.39, 0.29) is 5.56 Å². The van der Waals surface area contributed by atoms with Gasteiger partial charge in [-0.1, -0.05) is 36.9 Å². The highest BCUT2D eigenvalue weighted by atomic mass is 19.1. The zero-order valence-corrected chi connectivity index (χ0v) is 15.0. The van der Waals surface area contributed by atoms with E-state index in [0.29, 0.717) is 22.7 Å². The van der Waals surface area contributed by atoms with E-state index in [0.717, 1.165) is 0 Å². The van der Waals surface area contributed by atoms with Crippen LogP contribution in [0.5, 0.6) is 0 Å². The Kier molecular flexibility index (Phi) is 5.03. The van der Waals surface area contributed by atoms with E-state index in [9.17, 15) is 14.0 Å². The SMILES string of the molecule is C=C(C)NC(=O)NC1N=C(c2ccccc2F)c2ccccc2N(C)C1=O. The van der Waals surface area contributed by atoms with Crippen molar-refractivity contribution in [1.29, 1.82) is 0 Å². The van der Waals surface area contributed by atoms with Crippen molar-refractivity contribution in [3.63, 3.8) is 0 Å². The predicted molar refractivity (Wildman–Crippen MR) is 102 cm³/mol. The van der Waals surface area contributed by atoms with E-state index in [1.807, 2.05) is 0 Å². The number of nitrogens with one attached hydrogen (secondary N) is 2. The maximum absolute atomic E-state index is 14.5. The van der Waals surface area contributed by atoms with Crippen molar-refractivity contribution < 1.29 is 14.0 Å². The van der Waals surface area contributed by atoms with Crippen LogP contribution in [0.4, 0.5) is 14.9 Å². The fraction of sp³-hybridized carbons (Fsp3) is 0.150. The average molecular weight is 366 g/mol. The molecule has 1 aliphatic rings. The lowest BCUT2D eigenvalue weighted by atomic mass is 10.00. The highest BCUT2D eigenvalue weighted by Crippen LogP contribution is 2.27. The van der Waals surface area contributed by atoms with Gasteiger partial charge >= 0.3 is 6.03 Å². The van der Waals surface area contributed by atoms with Gasteiger partial charge < -0.3 is 15.5 Å². The van der Waals surface area contributed by atoms with Gasteiger partial charge in [-0.25, -0.2) is 14.2 Å². The molecule has 0 bridgehead atoms. The third-order valence-electron chi connectivity index (χ3n) is 4.07. The summed E-state index contributed by atoms with van der Waals surface area (Å²) in [4.78, 5) is 30.7. The van der Waals surface area contributed by atoms with Gasteiger partial charge in [0.2, 0.25) is 6.17 Å². The molecule has 7 heteroatoms. The Morgan fingerprint density at radius 3 is 2.44 bits per heavy atom. The minimum absolute atomic E-state index is 0.250. The number of benzene rings is 2. The minimum atomic E-state index is -1.21. The number of likely N-dealkylation sites (N-methyl/N-ethyl adjacent to an activating group) is 1. The van der Waals surface area contributed by atoms with Gasteiger partial charge in [0.25, 0.3) is 5.91 Å². The molecule has 0 radical (unpaired) electrons. The molecule has 1 unspecified atom stereocenters. The van der Waals surface area contributed by atoms with Gasteiger partial charge in [-0.2, -0.15) is 0 Å². The van der Waals surface area contributed by atoms with Crippen molar-refractivity contribution in [2.45, 2.75) is 13.1 Å². The summed E-state index contributed by atoms with van der Waals surface area (Å²) in [5.41, 5.74) is 2.14. The topological polar surface area (TPSA) is 73.8 Å². The first-order valence-corrected chi connectivity index (χ1v) is 8.31. The van der Waals surface area contributed by atoms with Gasteiger partial charge in [0.15, 0.2) is 0 Å². The normalized spacial score (nSPS) is 16.1. The lowest BCUT2D eigenvalue weighted by Crippen LogP contribution is -2.49. The van der Waals surface area contributed by atoms with Gasteiger partial charge in [0, 0.05) is 23.9 Å². The fourth-order valence-electron chi connectivity index (χ4n) is 2.84. The van der Waals surface area contributed by atoms with Gasteiger partial charge in [-0.15, -0.1) is 0 Å². The first kappa shape index (κ1) is 18.3. The Morgan fingerprint density at radius 1 is 1.15 bits per heavy atom. The number of carbonyl (C=O) groups excluding carboxylic acids is 2. The number of rotatable bonds is 3. The number of halogens is 1. The number of aliphatic imine (C=N–C) groups is 1. The van der Waals surface area contributed by atoms with Crippen molar-refractivity contribution >= 4 is 23.3 Å². The summed E-state index contributed by atoms with van der Waals surface area (Å²) in [6, 6.07) is 12.7. The summed E-state index contributed by atoms with van der Waals surface area (Å²) < 4.78 is 14.5. The number of nitrogens with zero attached hydrogens (tertiary/aromatic N) is 2. The van der Waals surface area contributed by atoms with E-state index >= 15 is 0 Å². The van der Waals surface area contributed by atoms with Crippen molar-refractivity contribution in [2.75, 3.05) is 11.9 Å². The predicted octanol–water partition coefficient (Wildman–Crippen LogP) is 2.80. The number of hydrogen-bond donors (Lipinski definition) is 2. The first-order chi connectivity index (χ1) is 12.9. The second-order valence-electron chi connectivity index (χ2n) is 6.15. The Morgan fingerprint density at radius 2 is 1.78 bits per heavy atom. The number of fused-ring (bicyclic) bond motifs is 1. The number of amides is 3. The molecule has 27 heavy (non-hydrogen) atoms. The van der Waals surface area contributed by atoms with E-state index in [2.05, 4.69) is 22.2 Å². The third kappa shape index (κ3) is 3.72. The summed E-state index contributed by atoms with van der Waals surface area (Å²) in [6.07, 6.45) is -1.21. The molecule has 1 atom stereocenters. The molecule has 1 aliphatic heterocycles. The second-order valence-corrected chi connectivity index (χ2v) is 6.15. The Bertz CT molecular complexity index is 955. The minimum Gasteiger partial charge on any atom is -0.313 e. The van der Waals surface area contributed by atoms with Crippen LogP contribution in [-0.4, -0.2) is 30.9 Å². The lowest BCUT2D eigenvalue weighted by Gasteiger charge is -2.21. The highest BCUT2D eigenvalue weighted by molar-refractivity contribution is 6.20. The monoisotopic (exact) mass is 366 g/mol. The molecular weight excluding hydrogens is 347 g/mol. The van der Waals surface area contributed by atoms with E-state index in [1.165, 1.54) is 11.0 Å². The Labute approximate surface area is 156 Å². The van der Waals surface area contributed by atoms with Crippen LogP contribution >= 0.6 is 0 Å². The second kappa shape index (κ2) is 7.41. The number of carbonyl (C=O) groups is 2. The van der Waals surface area contributed by atoms with Crippen LogP contribution in [0, 0.1) is 5.82 Å². The third-order valence-corrected chi connectivity index (χ3v) is 4.07. The van der Waals surface area contributed by atoms with Crippen LogP contribution in [0.1, 0.15) is 18.1 Å². The van der Waals surface area contributed by atoms with Crippen LogP contribution in [-0.2, 0) is 4.79 Å². The number of hydrogen-bond acceptors (Lipinski definition) is 3. The first-order valence-electron chi connectivity index (χ1n) is 8.31. The quantitative estimate of drug-likeness (QED) is 0.877. The molecule has 2 N–H and O–H groups in total. The summed E-state index contributed by atoms with van der Waals surface area (Å²) in [5, 5.41) is 4.99. The van der Waals surface area contributed by atoms with E-state index in [1.54, 1.807) is 56.4 Å². The smallest absolute Gasteiger partial charge is 0.313 e. The van der Waals surface area contributed by atoms with Crippen molar-refractivity contribution in [1.82, 2.24) is 10.6 Å². The van der Waals surface area contributed by atoms with Crippen molar-refractivity contribution in [2.24, 2.45) is 4.99 Å². The number of anilines is 1. The molecule has 0 saturated heterocycles. The van der Waals surface area contributed by atoms with Gasteiger partial charge in [0.05, 0.1) is 11.4 Å². The van der Waals surface area contributed by atoms with Crippen molar-refractivity contribution in [3.05, 3.63) is 77.8 Å². The molecule has 0 aromatic heterocycles. The number of para-hydroxylation sites is 1. The van der Waals surface area contributed by atoms with Gasteiger partial charge in [0.1, 0.15) is 5.82 Å². The van der Waals surface area contributed by atoms with Crippen LogP contribution < -0.4 is 15.5 Å². The molecule has 2 aromatic carbocycles. The fourth-order valence-corrected chi connectivity index (χ4v) is 2.84. The number of allylic oxidation sites excluding steroid dienone is 1. The van der Waals surface area contributed by atoms with Crippen LogP contribution in [0.2, 0.25) is 0 Å². The van der Waals surface area contributed by atoms with E-state index in [4.69, 9.17) is 0 Å². The molecule has 3 rings (SSSR count). The standard InChI is InChI=1S/C20H19FN4O2/c1-12(2)22-20(27)24-18-19(26)25(3)16-11-7-5-9-14(16)17(23-18)13-8-4-6-10-15(13)21/h4-11,18H,1H2,2-3H3,(H2,22,24,27). The maximum Gasteiger partial charge on any atom is 0.321 e.